The molecule has 2 N–H and O–H groups in total. The van der Waals surface area contributed by atoms with Crippen molar-refractivity contribution in [2.45, 2.75) is 39.4 Å². The summed E-state index contributed by atoms with van der Waals surface area (Å²) in [7, 11) is 1.64. The van der Waals surface area contributed by atoms with Crippen molar-refractivity contribution in [1.82, 2.24) is 14.9 Å². The highest BCUT2D eigenvalue weighted by molar-refractivity contribution is 5.94. The van der Waals surface area contributed by atoms with Crippen LogP contribution in [0.25, 0.3) is 11.1 Å². The lowest BCUT2D eigenvalue weighted by molar-refractivity contribution is 0.140. The van der Waals surface area contributed by atoms with Gasteiger partial charge in [-0.15, -0.1) is 0 Å². The molecule has 5 rings (SSSR count). The monoisotopic (exact) mass is 500 g/mol. The van der Waals surface area contributed by atoms with Crippen molar-refractivity contribution in [1.29, 1.82) is 0 Å². The van der Waals surface area contributed by atoms with Gasteiger partial charge in [0.15, 0.2) is 5.82 Å². The molecule has 2 aliphatic rings. The number of aliphatic imine (C=N–C) groups is 1. The SMILES string of the molecule is COCCOc1nc(CN)c2c(n1)N(Cc1ccc(-c3cccc(CN4CCCC4)c3)cc1)CC(C)=N2. The van der Waals surface area contributed by atoms with Crippen molar-refractivity contribution in [2.24, 2.45) is 10.7 Å². The van der Waals surface area contributed by atoms with Gasteiger partial charge in [0.2, 0.25) is 0 Å². The maximum atomic E-state index is 6.01. The van der Waals surface area contributed by atoms with Gasteiger partial charge in [0.1, 0.15) is 12.3 Å². The van der Waals surface area contributed by atoms with Gasteiger partial charge in [0.05, 0.1) is 18.8 Å². The Labute approximate surface area is 219 Å². The van der Waals surface area contributed by atoms with Crippen molar-refractivity contribution >= 4 is 17.2 Å². The molecule has 1 aromatic heterocycles. The maximum absolute atomic E-state index is 6.01. The van der Waals surface area contributed by atoms with E-state index in [4.69, 9.17) is 25.2 Å². The van der Waals surface area contributed by atoms with Crippen LogP contribution in [0.4, 0.5) is 11.5 Å². The number of nitrogens with zero attached hydrogens (tertiary/aromatic N) is 5. The molecule has 3 aromatic rings. The minimum Gasteiger partial charge on any atom is -0.461 e. The van der Waals surface area contributed by atoms with E-state index >= 15 is 0 Å². The van der Waals surface area contributed by atoms with Crippen LogP contribution in [0, 0.1) is 0 Å². The Morgan fingerprint density at radius 2 is 1.73 bits per heavy atom. The summed E-state index contributed by atoms with van der Waals surface area (Å²) in [5, 5.41) is 0. The second kappa shape index (κ2) is 11.8. The largest absolute Gasteiger partial charge is 0.461 e. The smallest absolute Gasteiger partial charge is 0.318 e. The second-order valence-corrected chi connectivity index (χ2v) is 9.75. The van der Waals surface area contributed by atoms with E-state index in [0.29, 0.717) is 38.0 Å². The zero-order valence-corrected chi connectivity index (χ0v) is 21.8. The fourth-order valence-electron chi connectivity index (χ4n) is 5.00. The fraction of sp³-hybridized carbons (Fsp3) is 0.414. The molecule has 2 aliphatic heterocycles. The highest BCUT2D eigenvalue weighted by atomic mass is 16.5. The van der Waals surface area contributed by atoms with Gasteiger partial charge in [0.25, 0.3) is 0 Å². The average molecular weight is 501 g/mol. The van der Waals surface area contributed by atoms with Gasteiger partial charge in [0, 0.05) is 32.5 Å². The number of methoxy groups -OCH3 is 1. The van der Waals surface area contributed by atoms with E-state index < -0.39 is 0 Å². The van der Waals surface area contributed by atoms with Crippen molar-refractivity contribution in [3.05, 3.63) is 65.4 Å². The van der Waals surface area contributed by atoms with Gasteiger partial charge in [-0.05, 0) is 61.2 Å². The lowest BCUT2D eigenvalue weighted by atomic mass is 10.0. The van der Waals surface area contributed by atoms with Gasteiger partial charge in [-0.25, -0.2) is 0 Å². The summed E-state index contributed by atoms with van der Waals surface area (Å²) in [6.45, 7) is 7.97. The predicted octanol–water partition coefficient (Wildman–Crippen LogP) is 4.34. The molecule has 2 aromatic carbocycles. The zero-order valence-electron chi connectivity index (χ0n) is 21.8. The fourth-order valence-corrected chi connectivity index (χ4v) is 5.00. The lowest BCUT2D eigenvalue weighted by Crippen LogP contribution is -2.32. The summed E-state index contributed by atoms with van der Waals surface area (Å²) in [4.78, 5) is 18.7. The molecule has 1 fully saturated rings. The molecule has 194 valence electrons. The number of fused-ring (bicyclic) bond motifs is 1. The molecule has 37 heavy (non-hydrogen) atoms. The summed E-state index contributed by atoms with van der Waals surface area (Å²) in [6, 6.07) is 18.0. The van der Waals surface area contributed by atoms with E-state index in [0.717, 1.165) is 23.8 Å². The normalized spacial score (nSPS) is 15.5. The van der Waals surface area contributed by atoms with E-state index in [1.807, 2.05) is 6.92 Å². The Morgan fingerprint density at radius 3 is 2.49 bits per heavy atom. The molecule has 0 saturated carbocycles. The summed E-state index contributed by atoms with van der Waals surface area (Å²) in [5.41, 5.74) is 13.5. The van der Waals surface area contributed by atoms with Crippen LogP contribution in [-0.4, -0.2) is 60.5 Å². The third-order valence-electron chi connectivity index (χ3n) is 6.84. The van der Waals surface area contributed by atoms with E-state index in [1.54, 1.807) is 7.11 Å². The Balaban J connectivity index is 1.33. The molecule has 0 bridgehead atoms. The van der Waals surface area contributed by atoms with E-state index in [9.17, 15) is 0 Å². The number of hydrogen-bond donors (Lipinski definition) is 1. The lowest BCUT2D eigenvalue weighted by Gasteiger charge is -2.29. The molecule has 8 nitrogen and oxygen atoms in total. The summed E-state index contributed by atoms with van der Waals surface area (Å²) >= 11 is 0. The molecular formula is C29H36N6O2. The van der Waals surface area contributed by atoms with Crippen LogP contribution in [0.15, 0.2) is 53.5 Å². The molecule has 0 amide bonds. The van der Waals surface area contributed by atoms with E-state index in [-0.39, 0.29) is 6.54 Å². The van der Waals surface area contributed by atoms with Crippen LogP contribution in [0.1, 0.15) is 36.6 Å². The molecule has 3 heterocycles. The van der Waals surface area contributed by atoms with Gasteiger partial charge in [-0.2, -0.15) is 9.97 Å². The van der Waals surface area contributed by atoms with Crippen LogP contribution in [0.2, 0.25) is 0 Å². The second-order valence-electron chi connectivity index (χ2n) is 9.75. The third-order valence-corrected chi connectivity index (χ3v) is 6.84. The van der Waals surface area contributed by atoms with Gasteiger partial charge in [-0.3, -0.25) is 9.89 Å². The van der Waals surface area contributed by atoms with Gasteiger partial charge in [-0.1, -0.05) is 42.5 Å². The van der Waals surface area contributed by atoms with Crippen LogP contribution >= 0.6 is 0 Å². The Hall–Kier alpha value is -3.33. The number of hydrogen-bond acceptors (Lipinski definition) is 8. The minimum atomic E-state index is 0.266. The van der Waals surface area contributed by atoms with Gasteiger partial charge < -0.3 is 20.1 Å². The molecule has 0 aliphatic carbocycles. The molecule has 0 spiro atoms. The Kier molecular flexibility index (Phi) is 8.08. The molecule has 0 unspecified atom stereocenters. The van der Waals surface area contributed by atoms with Gasteiger partial charge >= 0.3 is 6.01 Å². The first-order valence-electron chi connectivity index (χ1n) is 13.1. The van der Waals surface area contributed by atoms with Crippen LogP contribution in [-0.2, 0) is 24.4 Å². The number of rotatable bonds is 10. The molecule has 0 radical (unpaired) electrons. The van der Waals surface area contributed by atoms with Crippen molar-refractivity contribution in [3.8, 4) is 17.1 Å². The zero-order chi connectivity index (χ0) is 25.6. The Bertz CT molecular complexity index is 1240. The number of likely N-dealkylation sites (tertiary alicyclic amines) is 1. The first-order valence-corrected chi connectivity index (χ1v) is 13.1. The standard InChI is InChI=1S/C29H36N6O2/c1-21-18-35(28-27(31-21)26(17-30)32-29(33-28)37-15-14-36-2)20-22-8-10-24(11-9-22)25-7-5-6-23(16-25)19-34-12-3-4-13-34/h5-11,16H,3-4,12-15,17-20,30H2,1-2H3. The first-order chi connectivity index (χ1) is 18.1. The minimum absolute atomic E-state index is 0.266. The highest BCUT2D eigenvalue weighted by Gasteiger charge is 2.24. The number of nitrogens with two attached hydrogens (primary N) is 1. The predicted molar refractivity (Wildman–Crippen MR) is 148 cm³/mol. The number of aromatic nitrogens is 2. The number of ether oxygens (including phenoxy) is 2. The van der Waals surface area contributed by atoms with Crippen LogP contribution < -0.4 is 15.4 Å². The number of benzene rings is 2. The van der Waals surface area contributed by atoms with Crippen molar-refractivity contribution in [3.63, 3.8) is 0 Å². The van der Waals surface area contributed by atoms with Crippen LogP contribution in [0.5, 0.6) is 6.01 Å². The summed E-state index contributed by atoms with van der Waals surface area (Å²) in [5.74, 6) is 0.757. The summed E-state index contributed by atoms with van der Waals surface area (Å²) < 4.78 is 10.8. The summed E-state index contributed by atoms with van der Waals surface area (Å²) in [6.07, 6.45) is 2.63. The molecule has 1 saturated heterocycles. The highest BCUT2D eigenvalue weighted by Crippen LogP contribution is 2.35. The average Bonchev–Trinajstić information content (AvgIpc) is 3.42. The topological polar surface area (TPSA) is 89.1 Å². The Morgan fingerprint density at radius 1 is 0.919 bits per heavy atom. The maximum Gasteiger partial charge on any atom is 0.318 e. The quantitative estimate of drug-likeness (QED) is 0.414. The third kappa shape index (κ3) is 6.15. The molecule has 8 heteroatoms. The van der Waals surface area contributed by atoms with E-state index in [1.165, 1.54) is 48.2 Å². The van der Waals surface area contributed by atoms with Crippen molar-refractivity contribution < 1.29 is 9.47 Å². The van der Waals surface area contributed by atoms with E-state index in [2.05, 4.69) is 63.3 Å². The molecular weight excluding hydrogens is 464 g/mol. The van der Waals surface area contributed by atoms with Crippen molar-refractivity contribution in [2.75, 3.05) is 44.9 Å². The van der Waals surface area contributed by atoms with Crippen LogP contribution in [0.3, 0.4) is 0 Å². The number of anilines is 1. The molecule has 0 atom stereocenters. The first kappa shape index (κ1) is 25.3.